The van der Waals surface area contributed by atoms with Crippen LogP contribution in [-0.2, 0) is 0 Å². The number of para-hydroxylation sites is 1. The number of aryl methyl sites for hydroxylation is 1. The summed E-state index contributed by atoms with van der Waals surface area (Å²) in [6, 6.07) is 6.98. The molecule has 0 radical (unpaired) electrons. The van der Waals surface area contributed by atoms with Crippen LogP contribution in [0.25, 0.3) is 11.5 Å². The van der Waals surface area contributed by atoms with E-state index in [1.165, 1.54) is 0 Å². The Morgan fingerprint density at radius 1 is 1.24 bits per heavy atom. The van der Waals surface area contributed by atoms with Crippen molar-refractivity contribution in [2.75, 3.05) is 11.1 Å². The number of nitrogens with zero attached hydrogens (tertiary/aromatic N) is 4. The first kappa shape index (κ1) is 12.8. The molecule has 1 aromatic carbocycles. The Morgan fingerprint density at radius 2 is 2.05 bits per heavy atom. The molecule has 3 N–H and O–H groups in total. The smallest absolute Gasteiger partial charge is 0.281 e. The molecule has 9 heteroatoms. The maximum atomic E-state index is 12.1. The summed E-state index contributed by atoms with van der Waals surface area (Å²) in [5, 5.41) is 13.2. The number of hydrogen-bond donors (Lipinski definition) is 2. The molecule has 21 heavy (non-hydrogen) atoms. The minimum Gasteiger partial charge on any atom is -0.379 e. The van der Waals surface area contributed by atoms with Gasteiger partial charge >= 0.3 is 0 Å². The molecule has 9 nitrogen and oxygen atoms in total. The molecule has 0 atom stereocenters. The van der Waals surface area contributed by atoms with Crippen molar-refractivity contribution in [3.05, 3.63) is 35.8 Å². The zero-order valence-electron chi connectivity index (χ0n) is 10.9. The van der Waals surface area contributed by atoms with Crippen LogP contribution >= 0.6 is 0 Å². The average molecular weight is 286 g/mol. The molecular formula is C12H10N6O3. The van der Waals surface area contributed by atoms with E-state index in [2.05, 4.69) is 30.4 Å². The van der Waals surface area contributed by atoms with Gasteiger partial charge < -0.3 is 15.6 Å². The Hall–Kier alpha value is -3.23. The predicted molar refractivity (Wildman–Crippen MR) is 71.1 cm³/mol. The maximum Gasteiger partial charge on any atom is 0.281 e. The van der Waals surface area contributed by atoms with Crippen LogP contribution in [0.5, 0.6) is 0 Å². The van der Waals surface area contributed by atoms with Crippen LogP contribution in [0.4, 0.5) is 11.5 Å². The van der Waals surface area contributed by atoms with Crippen LogP contribution in [0.2, 0.25) is 0 Å². The Labute approximate surface area is 118 Å². The molecule has 0 aliphatic carbocycles. The SMILES string of the molecule is Cc1noc(-c2ccccc2NC(=O)c2nonc2N)n1. The second kappa shape index (κ2) is 5.04. The molecule has 0 saturated carbocycles. The summed E-state index contributed by atoms with van der Waals surface area (Å²) in [7, 11) is 0. The lowest BCUT2D eigenvalue weighted by atomic mass is 10.1. The predicted octanol–water partition coefficient (Wildman–Crippen LogP) is 1.26. The topological polar surface area (TPSA) is 133 Å². The van der Waals surface area contributed by atoms with Crippen LogP contribution in [0.3, 0.4) is 0 Å². The lowest BCUT2D eigenvalue weighted by Gasteiger charge is -2.06. The molecule has 106 valence electrons. The Morgan fingerprint density at radius 3 is 2.71 bits per heavy atom. The van der Waals surface area contributed by atoms with E-state index in [1.54, 1.807) is 31.2 Å². The van der Waals surface area contributed by atoms with Gasteiger partial charge in [0.15, 0.2) is 5.82 Å². The lowest BCUT2D eigenvalue weighted by molar-refractivity contribution is 0.101. The number of aromatic nitrogens is 4. The molecule has 2 heterocycles. The van der Waals surface area contributed by atoms with Crippen molar-refractivity contribution in [3.63, 3.8) is 0 Å². The van der Waals surface area contributed by atoms with E-state index in [0.717, 1.165) is 0 Å². The minimum absolute atomic E-state index is 0.0846. The van der Waals surface area contributed by atoms with Crippen molar-refractivity contribution in [1.82, 2.24) is 20.5 Å². The Bertz CT molecular complexity index is 794. The first-order valence-electron chi connectivity index (χ1n) is 5.94. The minimum atomic E-state index is -0.544. The molecule has 0 unspecified atom stereocenters. The lowest BCUT2D eigenvalue weighted by Crippen LogP contribution is -2.14. The number of carbonyl (C=O) groups excluding carboxylic acids is 1. The zero-order chi connectivity index (χ0) is 14.8. The van der Waals surface area contributed by atoms with Gasteiger partial charge in [-0.05, 0) is 29.4 Å². The quantitative estimate of drug-likeness (QED) is 0.735. The largest absolute Gasteiger partial charge is 0.379 e. The van der Waals surface area contributed by atoms with Crippen LogP contribution in [-0.4, -0.2) is 26.4 Å². The molecule has 0 bridgehead atoms. The second-order valence-electron chi connectivity index (χ2n) is 4.14. The van der Waals surface area contributed by atoms with Crippen molar-refractivity contribution < 1.29 is 13.9 Å². The molecule has 0 aliphatic heterocycles. The van der Waals surface area contributed by atoms with E-state index in [1.807, 2.05) is 0 Å². The van der Waals surface area contributed by atoms with Gasteiger partial charge in [0.05, 0.1) is 11.3 Å². The first-order chi connectivity index (χ1) is 10.1. The van der Waals surface area contributed by atoms with E-state index in [9.17, 15) is 4.79 Å². The summed E-state index contributed by atoms with van der Waals surface area (Å²) >= 11 is 0. The van der Waals surface area contributed by atoms with Crippen LogP contribution in [0.1, 0.15) is 16.3 Å². The third-order valence-corrected chi connectivity index (χ3v) is 2.66. The monoisotopic (exact) mass is 286 g/mol. The first-order valence-corrected chi connectivity index (χ1v) is 5.94. The number of anilines is 2. The van der Waals surface area contributed by atoms with Crippen LogP contribution in [0.15, 0.2) is 33.4 Å². The van der Waals surface area contributed by atoms with E-state index < -0.39 is 5.91 Å². The van der Waals surface area contributed by atoms with Gasteiger partial charge in [0, 0.05) is 0 Å². The molecule has 2 aromatic heterocycles. The highest BCUT2D eigenvalue weighted by Crippen LogP contribution is 2.26. The number of nitrogens with one attached hydrogen (secondary N) is 1. The summed E-state index contributed by atoms with van der Waals surface area (Å²) in [5.74, 6) is 0.168. The summed E-state index contributed by atoms with van der Waals surface area (Å²) in [5.41, 5.74) is 6.45. The van der Waals surface area contributed by atoms with Crippen molar-refractivity contribution in [2.24, 2.45) is 0 Å². The molecule has 0 spiro atoms. The molecule has 1 amide bonds. The second-order valence-corrected chi connectivity index (χ2v) is 4.14. The number of carbonyl (C=O) groups is 1. The van der Waals surface area contributed by atoms with Gasteiger partial charge in [-0.2, -0.15) is 4.98 Å². The molecular weight excluding hydrogens is 276 g/mol. The normalized spacial score (nSPS) is 10.5. The molecule has 0 saturated heterocycles. The molecule has 0 fully saturated rings. The summed E-state index contributed by atoms with van der Waals surface area (Å²) in [4.78, 5) is 16.2. The van der Waals surface area contributed by atoms with Gasteiger partial charge in [-0.15, -0.1) is 0 Å². The highest BCUT2D eigenvalue weighted by atomic mass is 16.6. The van der Waals surface area contributed by atoms with Crippen LogP contribution < -0.4 is 11.1 Å². The molecule has 3 rings (SSSR count). The van der Waals surface area contributed by atoms with Gasteiger partial charge in [-0.1, -0.05) is 17.3 Å². The average Bonchev–Trinajstić information content (AvgIpc) is 3.08. The summed E-state index contributed by atoms with van der Waals surface area (Å²) in [6.45, 7) is 1.70. The number of amides is 1. The fourth-order valence-electron chi connectivity index (χ4n) is 1.72. The fraction of sp³-hybridized carbons (Fsp3) is 0.0833. The van der Waals surface area contributed by atoms with Gasteiger partial charge in [0.2, 0.25) is 11.5 Å². The Balaban J connectivity index is 1.93. The highest BCUT2D eigenvalue weighted by Gasteiger charge is 2.19. The van der Waals surface area contributed by atoms with Crippen molar-refractivity contribution in [3.8, 4) is 11.5 Å². The standard InChI is InChI=1S/C12H10N6O3/c1-6-14-12(20-16-6)7-4-2-3-5-8(7)15-11(19)9-10(13)18-21-17-9/h2-5H,1H3,(H2,13,18)(H,15,19). The van der Waals surface area contributed by atoms with Gasteiger partial charge in [-0.25, -0.2) is 4.63 Å². The van der Waals surface area contributed by atoms with Gasteiger partial charge in [0.1, 0.15) is 0 Å². The van der Waals surface area contributed by atoms with E-state index in [-0.39, 0.29) is 11.5 Å². The van der Waals surface area contributed by atoms with Crippen LogP contribution in [0, 0.1) is 6.92 Å². The fourth-order valence-corrected chi connectivity index (χ4v) is 1.72. The number of rotatable bonds is 3. The van der Waals surface area contributed by atoms with Crippen molar-refractivity contribution in [2.45, 2.75) is 6.92 Å². The van der Waals surface area contributed by atoms with Crippen molar-refractivity contribution in [1.29, 1.82) is 0 Å². The van der Waals surface area contributed by atoms with Crippen molar-refractivity contribution >= 4 is 17.4 Å². The number of benzene rings is 1. The highest BCUT2D eigenvalue weighted by molar-refractivity contribution is 6.07. The van der Waals surface area contributed by atoms with E-state index in [0.29, 0.717) is 23.0 Å². The third kappa shape index (κ3) is 2.43. The van der Waals surface area contributed by atoms with Gasteiger partial charge in [-0.3, -0.25) is 4.79 Å². The summed E-state index contributed by atoms with van der Waals surface area (Å²) in [6.07, 6.45) is 0. The zero-order valence-corrected chi connectivity index (χ0v) is 10.9. The summed E-state index contributed by atoms with van der Waals surface area (Å²) < 4.78 is 9.50. The maximum absolute atomic E-state index is 12.1. The number of nitrogen functional groups attached to an aromatic ring is 1. The Kier molecular flexibility index (Phi) is 3.07. The van der Waals surface area contributed by atoms with Gasteiger partial charge in [0.25, 0.3) is 11.8 Å². The number of hydrogen-bond acceptors (Lipinski definition) is 8. The molecule has 3 aromatic rings. The molecule has 0 aliphatic rings. The third-order valence-electron chi connectivity index (χ3n) is 2.66. The van der Waals surface area contributed by atoms with E-state index >= 15 is 0 Å². The number of nitrogens with two attached hydrogens (primary N) is 1. The van der Waals surface area contributed by atoms with E-state index in [4.69, 9.17) is 10.3 Å².